The first kappa shape index (κ1) is 31.2. The lowest BCUT2D eigenvalue weighted by atomic mass is 10.2. The molecule has 0 aromatic carbocycles. The van der Waals surface area contributed by atoms with Gasteiger partial charge in [-0.05, 0) is 63.5 Å². The van der Waals surface area contributed by atoms with Crippen molar-refractivity contribution in [1.82, 2.24) is 15.2 Å². The van der Waals surface area contributed by atoms with Crippen LogP contribution < -0.4 is 5.32 Å². The number of aromatic nitrogens is 1. The summed E-state index contributed by atoms with van der Waals surface area (Å²) in [6.07, 6.45) is 31.5. The number of hydrogen-bond acceptors (Lipinski definition) is 3. The molecule has 6 heteroatoms. The van der Waals surface area contributed by atoms with Gasteiger partial charge in [-0.3, -0.25) is 14.6 Å². The first-order valence-electron chi connectivity index (χ1n) is 12.9. The summed E-state index contributed by atoms with van der Waals surface area (Å²) < 4.78 is 0. The fourth-order valence-corrected chi connectivity index (χ4v) is 3.76. The first-order chi connectivity index (χ1) is 17.2. The van der Waals surface area contributed by atoms with Gasteiger partial charge in [-0.1, -0.05) is 73.8 Å². The molecule has 2 rings (SSSR count). The minimum Gasteiger partial charge on any atom is -0.352 e. The van der Waals surface area contributed by atoms with Crippen molar-refractivity contribution in [3.63, 3.8) is 0 Å². The van der Waals surface area contributed by atoms with Gasteiger partial charge >= 0.3 is 0 Å². The number of carbonyl (C=O) groups excluding carboxylic acids is 2. The zero-order valence-corrected chi connectivity index (χ0v) is 22.6. The number of rotatable bonds is 15. The Bertz CT molecular complexity index is 891. The smallest absolute Gasteiger partial charge is 0.272 e. The maximum Gasteiger partial charge on any atom is 0.272 e. The molecular formula is C30H43N3O2S. The molecule has 1 aliphatic heterocycles. The van der Waals surface area contributed by atoms with Crippen LogP contribution in [0, 0.1) is 0 Å². The summed E-state index contributed by atoms with van der Waals surface area (Å²) in [5.41, 5.74) is 0.455. The standard InChI is InChI=1S/C30H41N3O2.H2S/c1-2-3-4-5-6-7-8-9-10-11-12-13-14-15-16-17-18-22-29(34)32-27-23-25-33(26-27)30(35)28-21-19-20-24-31-28;/h3-4,6-7,9-10,12-13,15-16,19-21,24,27H,2,5,8,11,14,17-18,22-23,25-26H2,1H3,(H,32,34);1H2/b4-3-,7-6-,10-9-,13-12-,16-15-;/t27-;/m0./s1. The van der Waals surface area contributed by atoms with Crippen LogP contribution in [-0.2, 0) is 4.79 Å². The van der Waals surface area contributed by atoms with Crippen molar-refractivity contribution < 1.29 is 9.59 Å². The third-order valence-electron chi connectivity index (χ3n) is 5.66. The van der Waals surface area contributed by atoms with Gasteiger partial charge in [0.25, 0.3) is 5.91 Å². The van der Waals surface area contributed by atoms with Crippen molar-refractivity contribution in [3.8, 4) is 0 Å². The van der Waals surface area contributed by atoms with E-state index < -0.39 is 0 Å². The van der Waals surface area contributed by atoms with Crippen LogP contribution in [0.25, 0.3) is 0 Å². The third-order valence-corrected chi connectivity index (χ3v) is 5.66. The molecule has 0 spiro atoms. The zero-order chi connectivity index (χ0) is 25.0. The zero-order valence-electron chi connectivity index (χ0n) is 21.6. The molecule has 1 aliphatic rings. The van der Waals surface area contributed by atoms with Gasteiger partial charge in [0, 0.05) is 31.7 Å². The van der Waals surface area contributed by atoms with Crippen LogP contribution in [0.5, 0.6) is 0 Å². The highest BCUT2D eigenvalue weighted by Gasteiger charge is 2.28. The number of nitrogens with one attached hydrogen (secondary N) is 1. The summed E-state index contributed by atoms with van der Waals surface area (Å²) >= 11 is 0. The van der Waals surface area contributed by atoms with E-state index in [4.69, 9.17) is 0 Å². The molecule has 0 bridgehead atoms. The van der Waals surface area contributed by atoms with E-state index in [0.29, 0.717) is 25.2 Å². The van der Waals surface area contributed by atoms with E-state index in [-0.39, 0.29) is 31.4 Å². The van der Waals surface area contributed by atoms with E-state index in [0.717, 1.165) is 51.4 Å². The fraction of sp³-hybridized carbons (Fsp3) is 0.433. The Balaban J connectivity index is 0.00000648. The first-order valence-corrected chi connectivity index (χ1v) is 12.9. The van der Waals surface area contributed by atoms with Crippen molar-refractivity contribution in [2.24, 2.45) is 0 Å². The summed E-state index contributed by atoms with van der Waals surface area (Å²) in [7, 11) is 0. The molecule has 1 fully saturated rings. The molecule has 1 aromatic rings. The van der Waals surface area contributed by atoms with Crippen LogP contribution in [0.3, 0.4) is 0 Å². The Morgan fingerprint density at radius 3 is 2.14 bits per heavy atom. The average Bonchev–Trinajstić information content (AvgIpc) is 3.34. The summed E-state index contributed by atoms with van der Waals surface area (Å²) in [5, 5.41) is 3.07. The van der Waals surface area contributed by atoms with Gasteiger partial charge in [0.05, 0.1) is 0 Å². The molecule has 5 nitrogen and oxygen atoms in total. The number of amides is 2. The van der Waals surface area contributed by atoms with Gasteiger partial charge < -0.3 is 10.2 Å². The lowest BCUT2D eigenvalue weighted by Crippen LogP contribution is -2.38. The van der Waals surface area contributed by atoms with Crippen LogP contribution >= 0.6 is 13.5 Å². The number of nitrogens with zero attached hydrogens (tertiary/aromatic N) is 2. The van der Waals surface area contributed by atoms with E-state index >= 15 is 0 Å². The van der Waals surface area contributed by atoms with E-state index in [1.165, 1.54) is 0 Å². The summed E-state index contributed by atoms with van der Waals surface area (Å²) in [6, 6.07) is 5.36. The Morgan fingerprint density at radius 1 is 0.944 bits per heavy atom. The summed E-state index contributed by atoms with van der Waals surface area (Å²) in [5.74, 6) is -0.00442. The monoisotopic (exact) mass is 509 g/mol. The van der Waals surface area contributed by atoms with Crippen LogP contribution in [0.2, 0.25) is 0 Å². The molecule has 196 valence electrons. The van der Waals surface area contributed by atoms with E-state index in [2.05, 4.69) is 78.0 Å². The van der Waals surface area contributed by atoms with Crippen LogP contribution in [-0.4, -0.2) is 40.8 Å². The molecule has 36 heavy (non-hydrogen) atoms. The van der Waals surface area contributed by atoms with Crippen LogP contribution in [0.4, 0.5) is 0 Å². The predicted molar refractivity (Wildman–Crippen MR) is 155 cm³/mol. The minimum absolute atomic E-state index is 0. The largest absolute Gasteiger partial charge is 0.352 e. The molecule has 2 heterocycles. The second-order valence-corrected chi connectivity index (χ2v) is 8.62. The maximum absolute atomic E-state index is 12.5. The molecule has 1 atom stereocenters. The summed E-state index contributed by atoms with van der Waals surface area (Å²) in [6.45, 7) is 3.35. The quantitative estimate of drug-likeness (QED) is 0.218. The second kappa shape index (κ2) is 20.3. The second-order valence-electron chi connectivity index (χ2n) is 8.62. The number of hydrogen-bond donors (Lipinski definition) is 1. The molecule has 2 amide bonds. The maximum atomic E-state index is 12.5. The molecule has 1 saturated heterocycles. The van der Waals surface area contributed by atoms with Crippen molar-refractivity contribution >= 4 is 25.3 Å². The number of carbonyl (C=O) groups is 2. The molecule has 0 aliphatic carbocycles. The molecular weight excluding hydrogens is 466 g/mol. The van der Waals surface area contributed by atoms with Crippen molar-refractivity contribution in [2.45, 2.75) is 70.8 Å². The lowest BCUT2D eigenvalue weighted by molar-refractivity contribution is -0.121. The molecule has 0 saturated carbocycles. The van der Waals surface area contributed by atoms with E-state index in [9.17, 15) is 9.59 Å². The Hall–Kier alpha value is -2.86. The number of pyridine rings is 1. The molecule has 1 aromatic heterocycles. The van der Waals surface area contributed by atoms with Crippen LogP contribution in [0.1, 0.15) is 75.2 Å². The fourth-order valence-electron chi connectivity index (χ4n) is 3.76. The van der Waals surface area contributed by atoms with Gasteiger partial charge in [0.15, 0.2) is 0 Å². The number of allylic oxidation sites excluding steroid dienone is 10. The average molecular weight is 510 g/mol. The number of unbranched alkanes of at least 4 members (excludes halogenated alkanes) is 1. The SMILES string of the molecule is CC/C=C\C/C=C\C/C=C\C/C=C\C/C=C\CCCC(=O)N[C@H]1CCN(C(=O)c2ccccn2)C1.S. The predicted octanol–water partition coefficient (Wildman–Crippen LogP) is 6.45. The summed E-state index contributed by atoms with van der Waals surface area (Å²) in [4.78, 5) is 30.6. The lowest BCUT2D eigenvalue weighted by Gasteiger charge is -2.16. The van der Waals surface area contributed by atoms with Crippen molar-refractivity contribution in [3.05, 3.63) is 90.9 Å². The van der Waals surface area contributed by atoms with Gasteiger partial charge in [0.2, 0.25) is 5.91 Å². The van der Waals surface area contributed by atoms with Crippen molar-refractivity contribution in [1.29, 1.82) is 0 Å². The van der Waals surface area contributed by atoms with Gasteiger partial charge in [-0.2, -0.15) is 13.5 Å². The Kier molecular flexibility index (Phi) is 17.6. The normalized spacial score (nSPS) is 16.1. The molecule has 0 radical (unpaired) electrons. The van der Waals surface area contributed by atoms with E-state index in [1.54, 1.807) is 23.2 Å². The van der Waals surface area contributed by atoms with Gasteiger partial charge in [0.1, 0.15) is 5.69 Å². The van der Waals surface area contributed by atoms with Gasteiger partial charge in [-0.15, -0.1) is 0 Å². The third kappa shape index (κ3) is 13.9. The van der Waals surface area contributed by atoms with Crippen molar-refractivity contribution in [2.75, 3.05) is 13.1 Å². The highest BCUT2D eigenvalue weighted by molar-refractivity contribution is 7.59. The highest BCUT2D eigenvalue weighted by Crippen LogP contribution is 2.13. The minimum atomic E-state index is -0.0688. The molecule has 0 unspecified atom stereocenters. The Morgan fingerprint density at radius 2 is 1.56 bits per heavy atom. The highest BCUT2D eigenvalue weighted by atomic mass is 32.1. The van der Waals surface area contributed by atoms with Crippen LogP contribution in [0.15, 0.2) is 85.2 Å². The Labute approximate surface area is 224 Å². The molecule has 1 N–H and O–H groups in total. The van der Waals surface area contributed by atoms with E-state index in [1.807, 2.05) is 6.07 Å². The topological polar surface area (TPSA) is 62.3 Å². The van der Waals surface area contributed by atoms with Gasteiger partial charge in [-0.25, -0.2) is 0 Å². The number of likely N-dealkylation sites (tertiary alicyclic amines) is 1.